The topological polar surface area (TPSA) is 67.2 Å². The summed E-state index contributed by atoms with van der Waals surface area (Å²) in [4.78, 5) is 17.9. The Kier molecular flexibility index (Phi) is 4.25. The molecule has 0 spiro atoms. The Morgan fingerprint density at radius 1 is 1.16 bits per heavy atom. The first kappa shape index (κ1) is 16.2. The summed E-state index contributed by atoms with van der Waals surface area (Å²) in [6.45, 7) is 6.14. The first-order valence-corrected chi connectivity index (χ1v) is 9.04. The largest absolute Gasteiger partial charge is 0.337 e. The van der Waals surface area contributed by atoms with Gasteiger partial charge in [-0.3, -0.25) is 9.69 Å². The summed E-state index contributed by atoms with van der Waals surface area (Å²) in [5, 5.41) is 11.3. The summed E-state index contributed by atoms with van der Waals surface area (Å²) in [6, 6.07) is 9.15. The predicted octanol–water partition coefficient (Wildman–Crippen LogP) is 1.75. The number of amides is 1. The number of hydrogen-bond donors (Lipinski definition) is 0. The van der Waals surface area contributed by atoms with Gasteiger partial charge in [-0.25, -0.2) is 0 Å². The second-order valence-electron chi connectivity index (χ2n) is 7.24. The highest BCUT2D eigenvalue weighted by Crippen LogP contribution is 2.32. The first-order valence-electron chi connectivity index (χ1n) is 9.04. The molecule has 132 valence electrons. The zero-order chi connectivity index (χ0) is 17.4. The normalized spacial score (nSPS) is 23.9. The molecule has 0 unspecified atom stereocenters. The van der Waals surface area contributed by atoms with E-state index in [-0.39, 0.29) is 5.91 Å². The van der Waals surface area contributed by atoms with Crippen molar-refractivity contribution in [2.45, 2.75) is 51.2 Å². The SMILES string of the molecule is CC(C)N1[C@H]2CC[C@H]1CN(C(=O)c1ccccc1-n1cnnn1)CC2. The maximum absolute atomic E-state index is 13.2. The summed E-state index contributed by atoms with van der Waals surface area (Å²) in [5.74, 6) is 0.0716. The minimum atomic E-state index is 0.0716. The fraction of sp³-hybridized carbons (Fsp3) is 0.556. The van der Waals surface area contributed by atoms with Crippen molar-refractivity contribution in [3.63, 3.8) is 0 Å². The van der Waals surface area contributed by atoms with Gasteiger partial charge in [0.05, 0.1) is 11.3 Å². The predicted molar refractivity (Wildman–Crippen MR) is 93.5 cm³/mol. The number of nitrogens with zero attached hydrogens (tertiary/aromatic N) is 6. The average molecular weight is 340 g/mol. The Morgan fingerprint density at radius 2 is 1.96 bits per heavy atom. The Morgan fingerprint density at radius 3 is 2.72 bits per heavy atom. The number of fused-ring (bicyclic) bond motifs is 2. The highest BCUT2D eigenvalue weighted by atomic mass is 16.2. The molecule has 2 aromatic rings. The van der Waals surface area contributed by atoms with E-state index in [0.717, 1.165) is 25.2 Å². The summed E-state index contributed by atoms with van der Waals surface area (Å²) in [6.07, 6.45) is 5.01. The second kappa shape index (κ2) is 6.55. The Bertz CT molecular complexity index is 744. The van der Waals surface area contributed by atoms with Crippen LogP contribution in [-0.4, -0.2) is 67.1 Å². The monoisotopic (exact) mass is 340 g/mol. The van der Waals surface area contributed by atoms with Gasteiger partial charge in [0.1, 0.15) is 6.33 Å². The lowest BCUT2D eigenvalue weighted by Crippen LogP contribution is -2.44. The molecule has 3 heterocycles. The molecule has 0 aliphatic carbocycles. The molecule has 1 aromatic heterocycles. The van der Waals surface area contributed by atoms with Crippen LogP contribution in [0.5, 0.6) is 0 Å². The van der Waals surface area contributed by atoms with Crippen molar-refractivity contribution >= 4 is 5.91 Å². The molecule has 7 heteroatoms. The minimum Gasteiger partial charge on any atom is -0.337 e. The Hall–Kier alpha value is -2.28. The molecule has 2 aliphatic rings. The zero-order valence-corrected chi connectivity index (χ0v) is 14.7. The number of benzene rings is 1. The maximum atomic E-state index is 13.2. The fourth-order valence-electron chi connectivity index (χ4n) is 4.43. The first-order chi connectivity index (χ1) is 12.1. The van der Waals surface area contributed by atoms with E-state index in [4.69, 9.17) is 0 Å². The molecule has 0 saturated carbocycles. The second-order valence-corrected chi connectivity index (χ2v) is 7.24. The van der Waals surface area contributed by atoms with Gasteiger partial charge in [0, 0.05) is 31.2 Å². The maximum Gasteiger partial charge on any atom is 0.256 e. The number of para-hydroxylation sites is 1. The van der Waals surface area contributed by atoms with Crippen molar-refractivity contribution in [1.82, 2.24) is 30.0 Å². The number of carbonyl (C=O) groups excluding carboxylic acids is 1. The minimum absolute atomic E-state index is 0.0716. The Balaban J connectivity index is 1.60. The van der Waals surface area contributed by atoms with Gasteiger partial charge < -0.3 is 4.90 Å². The average Bonchev–Trinajstić information content (AvgIpc) is 3.22. The van der Waals surface area contributed by atoms with E-state index >= 15 is 0 Å². The van der Waals surface area contributed by atoms with Gasteiger partial charge in [-0.05, 0) is 55.7 Å². The van der Waals surface area contributed by atoms with E-state index in [2.05, 4.69) is 34.3 Å². The summed E-state index contributed by atoms with van der Waals surface area (Å²) < 4.78 is 1.55. The molecule has 1 amide bonds. The molecule has 25 heavy (non-hydrogen) atoms. The Labute approximate surface area is 147 Å². The molecule has 0 radical (unpaired) electrons. The highest BCUT2D eigenvalue weighted by molar-refractivity contribution is 5.97. The van der Waals surface area contributed by atoms with Crippen molar-refractivity contribution in [1.29, 1.82) is 0 Å². The van der Waals surface area contributed by atoms with E-state index in [1.807, 2.05) is 29.2 Å². The third kappa shape index (κ3) is 2.93. The molecule has 4 rings (SSSR count). The molecule has 0 N–H and O–H groups in total. The van der Waals surface area contributed by atoms with Gasteiger partial charge in [-0.2, -0.15) is 4.68 Å². The van der Waals surface area contributed by atoms with Gasteiger partial charge in [-0.1, -0.05) is 12.1 Å². The number of hydrogen-bond acceptors (Lipinski definition) is 5. The van der Waals surface area contributed by atoms with Crippen LogP contribution in [0.25, 0.3) is 5.69 Å². The summed E-state index contributed by atoms with van der Waals surface area (Å²) >= 11 is 0. The molecule has 2 bridgehead atoms. The van der Waals surface area contributed by atoms with E-state index in [1.54, 1.807) is 4.68 Å². The fourth-order valence-corrected chi connectivity index (χ4v) is 4.43. The van der Waals surface area contributed by atoms with Crippen LogP contribution in [0.3, 0.4) is 0 Å². The van der Waals surface area contributed by atoms with Crippen molar-refractivity contribution < 1.29 is 4.79 Å². The van der Waals surface area contributed by atoms with Gasteiger partial charge >= 0.3 is 0 Å². The van der Waals surface area contributed by atoms with Crippen LogP contribution >= 0.6 is 0 Å². The molecule has 7 nitrogen and oxygen atoms in total. The number of aromatic nitrogens is 4. The lowest BCUT2D eigenvalue weighted by Gasteiger charge is -2.32. The van der Waals surface area contributed by atoms with E-state index in [1.165, 1.54) is 19.2 Å². The van der Waals surface area contributed by atoms with Gasteiger partial charge in [0.2, 0.25) is 0 Å². The lowest BCUT2D eigenvalue weighted by molar-refractivity contribution is 0.0728. The number of tetrazole rings is 1. The van der Waals surface area contributed by atoms with Crippen LogP contribution in [0.1, 0.15) is 43.5 Å². The molecular weight excluding hydrogens is 316 g/mol. The molecule has 2 fully saturated rings. The third-order valence-corrected chi connectivity index (χ3v) is 5.45. The lowest BCUT2D eigenvalue weighted by atomic mass is 10.1. The third-order valence-electron chi connectivity index (χ3n) is 5.45. The van der Waals surface area contributed by atoms with Gasteiger partial charge in [0.25, 0.3) is 5.91 Å². The van der Waals surface area contributed by atoms with Crippen LogP contribution < -0.4 is 0 Å². The smallest absolute Gasteiger partial charge is 0.256 e. The summed E-state index contributed by atoms with van der Waals surface area (Å²) in [7, 11) is 0. The van der Waals surface area contributed by atoms with Gasteiger partial charge in [0.15, 0.2) is 0 Å². The molecule has 2 aliphatic heterocycles. The van der Waals surface area contributed by atoms with Crippen LogP contribution in [0.2, 0.25) is 0 Å². The van der Waals surface area contributed by atoms with Gasteiger partial charge in [-0.15, -0.1) is 5.10 Å². The zero-order valence-electron chi connectivity index (χ0n) is 14.7. The van der Waals surface area contributed by atoms with Crippen LogP contribution in [0, 0.1) is 0 Å². The highest BCUT2D eigenvalue weighted by Gasteiger charge is 2.39. The van der Waals surface area contributed by atoms with Crippen LogP contribution in [0.4, 0.5) is 0 Å². The van der Waals surface area contributed by atoms with Crippen molar-refractivity contribution in [2.24, 2.45) is 0 Å². The molecule has 1 aromatic carbocycles. The van der Waals surface area contributed by atoms with Crippen molar-refractivity contribution in [3.05, 3.63) is 36.2 Å². The molecule has 2 atom stereocenters. The molecule has 2 saturated heterocycles. The van der Waals surface area contributed by atoms with E-state index in [9.17, 15) is 4.79 Å². The quantitative estimate of drug-likeness (QED) is 0.851. The van der Waals surface area contributed by atoms with E-state index in [0.29, 0.717) is 23.7 Å². The van der Waals surface area contributed by atoms with Crippen molar-refractivity contribution in [3.8, 4) is 5.69 Å². The number of carbonyl (C=O) groups is 1. The van der Waals surface area contributed by atoms with Crippen molar-refractivity contribution in [2.75, 3.05) is 13.1 Å². The van der Waals surface area contributed by atoms with E-state index < -0.39 is 0 Å². The number of rotatable bonds is 3. The molecular formula is C18H24N6O. The standard InChI is InChI=1S/C18H24N6O/c1-13(2)24-14-7-8-15(24)11-22(10-9-14)18(25)16-5-3-4-6-17(16)23-12-19-20-21-23/h3-6,12-15H,7-11H2,1-2H3/t14-,15-/m0/s1. The summed E-state index contributed by atoms with van der Waals surface area (Å²) in [5.41, 5.74) is 1.39. The number of likely N-dealkylation sites (tertiary alicyclic amines) is 1. The van der Waals surface area contributed by atoms with Crippen LogP contribution in [-0.2, 0) is 0 Å². The van der Waals surface area contributed by atoms with Crippen LogP contribution in [0.15, 0.2) is 30.6 Å².